The van der Waals surface area contributed by atoms with E-state index >= 15 is 0 Å². The SMILES string of the molecule is CCCc1csc(CCCC(=O)O)n1. The number of hydrogen-bond donors (Lipinski definition) is 1. The van der Waals surface area contributed by atoms with Crippen molar-refractivity contribution < 1.29 is 9.90 Å². The summed E-state index contributed by atoms with van der Waals surface area (Å²) < 4.78 is 0. The Labute approximate surface area is 87.8 Å². The van der Waals surface area contributed by atoms with Gasteiger partial charge in [0.25, 0.3) is 0 Å². The van der Waals surface area contributed by atoms with Crippen molar-refractivity contribution in [3.05, 3.63) is 16.1 Å². The van der Waals surface area contributed by atoms with E-state index in [4.69, 9.17) is 5.11 Å². The molecule has 0 saturated heterocycles. The molecule has 4 heteroatoms. The molecule has 78 valence electrons. The van der Waals surface area contributed by atoms with Gasteiger partial charge in [0.1, 0.15) is 0 Å². The van der Waals surface area contributed by atoms with Crippen molar-refractivity contribution in [2.45, 2.75) is 39.0 Å². The van der Waals surface area contributed by atoms with Crippen LogP contribution in [0.15, 0.2) is 5.38 Å². The molecule has 0 aliphatic rings. The van der Waals surface area contributed by atoms with Crippen molar-refractivity contribution in [3.8, 4) is 0 Å². The van der Waals surface area contributed by atoms with Crippen LogP contribution in [0.2, 0.25) is 0 Å². The van der Waals surface area contributed by atoms with Crippen molar-refractivity contribution in [2.24, 2.45) is 0 Å². The summed E-state index contributed by atoms with van der Waals surface area (Å²) in [5.41, 5.74) is 1.14. The predicted octanol–water partition coefficient (Wildman–Crippen LogP) is 2.50. The molecule has 3 nitrogen and oxygen atoms in total. The molecule has 0 spiro atoms. The lowest BCUT2D eigenvalue weighted by atomic mass is 10.2. The Balaban J connectivity index is 2.32. The number of rotatable bonds is 6. The Bertz CT molecular complexity index is 296. The van der Waals surface area contributed by atoms with E-state index in [1.807, 2.05) is 0 Å². The Kier molecular flexibility index (Phi) is 4.59. The average molecular weight is 213 g/mol. The second-order valence-electron chi connectivity index (χ2n) is 3.23. The van der Waals surface area contributed by atoms with Crippen LogP contribution in [0.4, 0.5) is 0 Å². The summed E-state index contributed by atoms with van der Waals surface area (Å²) in [6.45, 7) is 2.13. The lowest BCUT2D eigenvalue weighted by molar-refractivity contribution is -0.137. The first-order valence-electron chi connectivity index (χ1n) is 4.87. The molecule has 0 aliphatic carbocycles. The highest BCUT2D eigenvalue weighted by atomic mass is 32.1. The van der Waals surface area contributed by atoms with Gasteiger partial charge in [-0.1, -0.05) is 13.3 Å². The van der Waals surface area contributed by atoms with Gasteiger partial charge in [0.15, 0.2) is 0 Å². The van der Waals surface area contributed by atoms with Gasteiger partial charge in [0.05, 0.1) is 10.7 Å². The minimum Gasteiger partial charge on any atom is -0.481 e. The summed E-state index contributed by atoms with van der Waals surface area (Å²) in [6, 6.07) is 0. The molecule has 0 radical (unpaired) electrons. The average Bonchev–Trinajstić information content (AvgIpc) is 2.53. The van der Waals surface area contributed by atoms with Crippen LogP contribution in [0.3, 0.4) is 0 Å². The van der Waals surface area contributed by atoms with E-state index in [1.165, 1.54) is 0 Å². The number of aliphatic carboxylic acids is 1. The first-order valence-corrected chi connectivity index (χ1v) is 5.75. The Hall–Kier alpha value is -0.900. The third-order valence-electron chi connectivity index (χ3n) is 1.89. The molecule has 0 aromatic carbocycles. The standard InChI is InChI=1S/C10H15NO2S/c1-2-4-8-7-14-9(11-8)5-3-6-10(12)13/h7H,2-6H2,1H3,(H,12,13). The highest BCUT2D eigenvalue weighted by Gasteiger charge is 2.02. The van der Waals surface area contributed by atoms with Gasteiger partial charge >= 0.3 is 5.97 Å². The number of carboxylic acid groups (broad SMARTS) is 1. The smallest absolute Gasteiger partial charge is 0.303 e. The third-order valence-corrected chi connectivity index (χ3v) is 2.84. The van der Waals surface area contributed by atoms with Crippen molar-refractivity contribution >= 4 is 17.3 Å². The summed E-state index contributed by atoms with van der Waals surface area (Å²) in [5.74, 6) is -0.727. The molecule has 0 amide bonds. The second kappa shape index (κ2) is 5.75. The molecule has 1 aromatic rings. The minimum atomic E-state index is -0.727. The number of nitrogens with zero attached hydrogens (tertiary/aromatic N) is 1. The van der Waals surface area contributed by atoms with Gasteiger partial charge < -0.3 is 5.11 Å². The number of aromatic nitrogens is 1. The van der Waals surface area contributed by atoms with E-state index in [0.717, 1.165) is 30.0 Å². The minimum absolute atomic E-state index is 0.239. The second-order valence-corrected chi connectivity index (χ2v) is 4.17. The van der Waals surface area contributed by atoms with Crippen LogP contribution in [0.5, 0.6) is 0 Å². The maximum absolute atomic E-state index is 10.3. The van der Waals surface area contributed by atoms with Crippen LogP contribution in [0.25, 0.3) is 0 Å². The van der Waals surface area contributed by atoms with Crippen molar-refractivity contribution in [1.29, 1.82) is 0 Å². The number of hydrogen-bond acceptors (Lipinski definition) is 3. The van der Waals surface area contributed by atoms with Crippen LogP contribution in [-0.4, -0.2) is 16.1 Å². The molecule has 0 aliphatic heterocycles. The Morgan fingerprint density at radius 1 is 1.57 bits per heavy atom. The zero-order valence-corrected chi connectivity index (χ0v) is 9.14. The molecule has 1 aromatic heterocycles. The fraction of sp³-hybridized carbons (Fsp3) is 0.600. The molecule has 1 heterocycles. The third kappa shape index (κ3) is 3.87. The largest absolute Gasteiger partial charge is 0.481 e. The summed E-state index contributed by atoms with van der Waals surface area (Å²) >= 11 is 1.64. The highest BCUT2D eigenvalue weighted by Crippen LogP contribution is 2.13. The van der Waals surface area contributed by atoms with Crippen LogP contribution < -0.4 is 0 Å². The van der Waals surface area contributed by atoms with Crippen molar-refractivity contribution in [3.63, 3.8) is 0 Å². The zero-order valence-electron chi connectivity index (χ0n) is 8.32. The van der Waals surface area contributed by atoms with E-state index in [9.17, 15) is 4.79 Å². The molecular weight excluding hydrogens is 198 g/mol. The summed E-state index contributed by atoms with van der Waals surface area (Å²) in [6.07, 6.45) is 3.85. The molecule has 0 fully saturated rings. The first kappa shape index (κ1) is 11.2. The van der Waals surface area contributed by atoms with Gasteiger partial charge in [-0.3, -0.25) is 4.79 Å². The monoisotopic (exact) mass is 213 g/mol. The topological polar surface area (TPSA) is 50.2 Å². The van der Waals surface area contributed by atoms with E-state index in [0.29, 0.717) is 6.42 Å². The summed E-state index contributed by atoms with van der Waals surface area (Å²) in [7, 11) is 0. The number of carbonyl (C=O) groups is 1. The van der Waals surface area contributed by atoms with E-state index in [1.54, 1.807) is 11.3 Å². The van der Waals surface area contributed by atoms with Crippen molar-refractivity contribution in [1.82, 2.24) is 4.98 Å². The highest BCUT2D eigenvalue weighted by molar-refractivity contribution is 7.09. The molecule has 0 bridgehead atoms. The molecule has 0 saturated carbocycles. The van der Waals surface area contributed by atoms with Crippen LogP contribution in [0, 0.1) is 0 Å². The number of aryl methyl sites for hydroxylation is 2. The fourth-order valence-electron chi connectivity index (χ4n) is 1.23. The molecule has 14 heavy (non-hydrogen) atoms. The molecule has 0 unspecified atom stereocenters. The summed E-state index contributed by atoms with van der Waals surface area (Å²) in [4.78, 5) is 14.7. The lowest BCUT2D eigenvalue weighted by Gasteiger charge is -1.93. The molecular formula is C10H15NO2S. The van der Waals surface area contributed by atoms with Gasteiger partial charge in [-0.05, 0) is 19.3 Å². The fourth-order valence-corrected chi connectivity index (χ4v) is 2.10. The maximum atomic E-state index is 10.3. The zero-order chi connectivity index (χ0) is 10.4. The molecule has 1 N–H and O–H groups in total. The first-order chi connectivity index (χ1) is 6.72. The van der Waals surface area contributed by atoms with Crippen LogP contribution >= 0.6 is 11.3 Å². The van der Waals surface area contributed by atoms with Gasteiger partial charge in [0, 0.05) is 11.8 Å². The van der Waals surface area contributed by atoms with E-state index < -0.39 is 5.97 Å². The predicted molar refractivity (Wildman–Crippen MR) is 56.7 cm³/mol. The van der Waals surface area contributed by atoms with E-state index in [2.05, 4.69) is 17.3 Å². The number of carboxylic acids is 1. The van der Waals surface area contributed by atoms with Gasteiger partial charge in [0.2, 0.25) is 0 Å². The Morgan fingerprint density at radius 2 is 2.36 bits per heavy atom. The summed E-state index contributed by atoms with van der Waals surface area (Å²) in [5, 5.41) is 11.6. The van der Waals surface area contributed by atoms with Crippen molar-refractivity contribution in [2.75, 3.05) is 0 Å². The quantitative estimate of drug-likeness (QED) is 0.790. The van der Waals surface area contributed by atoms with Gasteiger partial charge in [-0.2, -0.15) is 0 Å². The lowest BCUT2D eigenvalue weighted by Crippen LogP contribution is -1.95. The molecule has 1 rings (SSSR count). The van der Waals surface area contributed by atoms with Gasteiger partial charge in [-0.25, -0.2) is 4.98 Å². The number of thiazole rings is 1. The normalized spacial score (nSPS) is 10.4. The van der Waals surface area contributed by atoms with Gasteiger partial charge in [-0.15, -0.1) is 11.3 Å². The maximum Gasteiger partial charge on any atom is 0.303 e. The van der Waals surface area contributed by atoms with Crippen LogP contribution in [0.1, 0.15) is 36.9 Å². The van der Waals surface area contributed by atoms with Crippen LogP contribution in [-0.2, 0) is 17.6 Å². The Morgan fingerprint density at radius 3 is 3.00 bits per heavy atom. The van der Waals surface area contributed by atoms with E-state index in [-0.39, 0.29) is 6.42 Å². The molecule has 0 atom stereocenters.